The highest BCUT2D eigenvalue weighted by Gasteiger charge is 2.61. The molecule has 3 aromatic rings. The molecule has 1 aliphatic carbocycles. The van der Waals surface area contributed by atoms with Crippen LogP contribution in [0.3, 0.4) is 0 Å². The molecule has 0 bridgehead atoms. The number of primary amides is 1. The average Bonchev–Trinajstić information content (AvgIpc) is 3.20. The van der Waals surface area contributed by atoms with Gasteiger partial charge in [0.25, 0.3) is 0 Å². The second-order valence-electron chi connectivity index (χ2n) is 6.70. The Labute approximate surface area is 153 Å². The number of pyridine rings is 1. The van der Waals surface area contributed by atoms with Crippen LogP contribution in [0, 0.1) is 6.92 Å². The molecule has 2 unspecified atom stereocenters. The Balaban J connectivity index is 2.04. The molecular formula is C18H17N5O4. The van der Waals surface area contributed by atoms with Gasteiger partial charge in [0.1, 0.15) is 5.75 Å². The molecule has 1 fully saturated rings. The summed E-state index contributed by atoms with van der Waals surface area (Å²) in [5, 5.41) is 23.9. The summed E-state index contributed by atoms with van der Waals surface area (Å²) in [5.41, 5.74) is 12.0. The SMILES string of the molecule is Cc1nn(C2(C(N)=O)CC2N)c2nc(-c3ccc(O)cc3)cc(C(=O)O)c12. The number of carbonyl (C=O) groups excluding carboxylic acids is 1. The molecule has 9 nitrogen and oxygen atoms in total. The van der Waals surface area contributed by atoms with Gasteiger partial charge in [-0.1, -0.05) is 0 Å². The molecule has 9 heteroatoms. The summed E-state index contributed by atoms with van der Waals surface area (Å²) >= 11 is 0. The number of aromatic carboxylic acids is 1. The maximum absolute atomic E-state index is 12.1. The normalized spacial score (nSPS) is 21.3. The maximum Gasteiger partial charge on any atom is 0.336 e. The molecule has 0 saturated heterocycles. The van der Waals surface area contributed by atoms with Crippen molar-refractivity contribution >= 4 is 22.9 Å². The summed E-state index contributed by atoms with van der Waals surface area (Å²) < 4.78 is 1.36. The predicted octanol–water partition coefficient (Wildman–Crippen LogP) is 0.722. The predicted molar refractivity (Wildman–Crippen MR) is 96.1 cm³/mol. The first-order valence-corrected chi connectivity index (χ1v) is 8.24. The maximum atomic E-state index is 12.1. The van der Waals surface area contributed by atoms with Crippen molar-refractivity contribution < 1.29 is 19.8 Å². The van der Waals surface area contributed by atoms with E-state index in [2.05, 4.69) is 10.1 Å². The van der Waals surface area contributed by atoms with Crippen LogP contribution in [0.2, 0.25) is 0 Å². The van der Waals surface area contributed by atoms with Crippen LogP contribution < -0.4 is 11.5 Å². The summed E-state index contributed by atoms with van der Waals surface area (Å²) in [6.45, 7) is 1.65. The molecule has 0 aliphatic heterocycles. The summed E-state index contributed by atoms with van der Waals surface area (Å²) in [5.74, 6) is -1.69. The second-order valence-corrected chi connectivity index (χ2v) is 6.70. The van der Waals surface area contributed by atoms with Crippen molar-refractivity contribution in [3.63, 3.8) is 0 Å². The quantitative estimate of drug-likeness (QED) is 0.529. The van der Waals surface area contributed by atoms with Crippen LogP contribution in [0.1, 0.15) is 22.5 Å². The van der Waals surface area contributed by atoms with Crippen molar-refractivity contribution in [1.82, 2.24) is 14.8 Å². The monoisotopic (exact) mass is 367 g/mol. The molecule has 2 aromatic heterocycles. The molecule has 138 valence electrons. The first-order chi connectivity index (χ1) is 12.8. The van der Waals surface area contributed by atoms with Crippen LogP contribution in [0.25, 0.3) is 22.3 Å². The van der Waals surface area contributed by atoms with E-state index >= 15 is 0 Å². The zero-order chi connectivity index (χ0) is 19.5. The minimum absolute atomic E-state index is 0.0145. The van der Waals surface area contributed by atoms with E-state index in [1.165, 1.54) is 22.9 Å². The molecule has 1 aromatic carbocycles. The van der Waals surface area contributed by atoms with E-state index in [1.54, 1.807) is 19.1 Å². The molecule has 1 amide bonds. The Kier molecular flexibility index (Phi) is 3.47. The van der Waals surface area contributed by atoms with Gasteiger partial charge in [-0.05, 0) is 37.3 Å². The summed E-state index contributed by atoms with van der Waals surface area (Å²) in [6, 6.07) is 7.13. The fourth-order valence-electron chi connectivity index (χ4n) is 3.42. The Morgan fingerprint density at radius 1 is 1.30 bits per heavy atom. The first kappa shape index (κ1) is 17.0. The van der Waals surface area contributed by atoms with Crippen molar-refractivity contribution in [2.24, 2.45) is 11.5 Å². The van der Waals surface area contributed by atoms with Gasteiger partial charge in [-0.15, -0.1) is 0 Å². The van der Waals surface area contributed by atoms with Crippen LogP contribution in [0.4, 0.5) is 0 Å². The number of carboxylic acid groups (broad SMARTS) is 1. The third kappa shape index (κ3) is 2.36. The number of carbonyl (C=O) groups is 2. The minimum atomic E-state index is -1.21. The van der Waals surface area contributed by atoms with E-state index in [1.807, 2.05) is 0 Å². The highest BCUT2D eigenvalue weighted by molar-refractivity contribution is 6.04. The molecule has 2 heterocycles. The van der Waals surface area contributed by atoms with E-state index in [-0.39, 0.29) is 17.0 Å². The van der Waals surface area contributed by atoms with Gasteiger partial charge in [-0.3, -0.25) is 4.79 Å². The van der Waals surface area contributed by atoms with E-state index in [0.29, 0.717) is 28.8 Å². The van der Waals surface area contributed by atoms with Crippen molar-refractivity contribution in [1.29, 1.82) is 0 Å². The molecule has 0 radical (unpaired) electrons. The topological polar surface area (TPSA) is 157 Å². The lowest BCUT2D eigenvalue weighted by Gasteiger charge is -2.14. The van der Waals surface area contributed by atoms with Crippen molar-refractivity contribution in [2.45, 2.75) is 24.9 Å². The lowest BCUT2D eigenvalue weighted by atomic mass is 10.1. The highest BCUT2D eigenvalue weighted by Crippen LogP contribution is 2.44. The van der Waals surface area contributed by atoms with Gasteiger partial charge in [0.05, 0.1) is 22.3 Å². The van der Waals surface area contributed by atoms with Gasteiger partial charge >= 0.3 is 5.97 Å². The number of amides is 1. The number of nitrogens with two attached hydrogens (primary N) is 2. The number of rotatable bonds is 4. The number of hydrogen-bond acceptors (Lipinski definition) is 6. The number of aromatic hydroxyl groups is 1. The van der Waals surface area contributed by atoms with E-state index < -0.39 is 23.5 Å². The largest absolute Gasteiger partial charge is 0.508 e. The van der Waals surface area contributed by atoms with E-state index in [9.17, 15) is 19.8 Å². The Hall–Kier alpha value is -3.46. The highest BCUT2D eigenvalue weighted by atomic mass is 16.4. The fraction of sp³-hybridized carbons (Fsp3) is 0.222. The summed E-state index contributed by atoms with van der Waals surface area (Å²) in [6.07, 6.45) is 0.312. The van der Waals surface area contributed by atoms with Crippen LogP contribution >= 0.6 is 0 Å². The van der Waals surface area contributed by atoms with Crippen LogP contribution in [0.15, 0.2) is 30.3 Å². The number of benzene rings is 1. The van der Waals surface area contributed by atoms with Crippen molar-refractivity contribution in [3.05, 3.63) is 41.6 Å². The second kappa shape index (κ2) is 5.52. The molecule has 27 heavy (non-hydrogen) atoms. The fourth-order valence-corrected chi connectivity index (χ4v) is 3.42. The number of nitrogens with zero attached hydrogens (tertiary/aromatic N) is 3. The number of fused-ring (bicyclic) bond motifs is 1. The number of aromatic nitrogens is 3. The molecule has 2 atom stereocenters. The molecule has 1 aliphatic rings. The van der Waals surface area contributed by atoms with Crippen molar-refractivity contribution in [3.8, 4) is 17.0 Å². The van der Waals surface area contributed by atoms with Crippen LogP contribution in [-0.4, -0.2) is 42.9 Å². The van der Waals surface area contributed by atoms with Gasteiger partial charge in [0, 0.05) is 18.0 Å². The van der Waals surface area contributed by atoms with Crippen LogP contribution in [-0.2, 0) is 10.3 Å². The average molecular weight is 367 g/mol. The molecule has 4 rings (SSSR count). The Morgan fingerprint density at radius 2 is 1.93 bits per heavy atom. The number of aryl methyl sites for hydroxylation is 1. The van der Waals surface area contributed by atoms with E-state index in [0.717, 1.165) is 0 Å². The van der Waals surface area contributed by atoms with Gasteiger partial charge in [-0.2, -0.15) is 5.10 Å². The summed E-state index contributed by atoms with van der Waals surface area (Å²) in [4.78, 5) is 28.5. The van der Waals surface area contributed by atoms with E-state index in [4.69, 9.17) is 11.5 Å². The van der Waals surface area contributed by atoms with Gasteiger partial charge < -0.3 is 21.7 Å². The first-order valence-electron chi connectivity index (χ1n) is 8.24. The standard InChI is InChI=1S/C18H17N5O4/c1-8-14-11(16(25)26)6-12(9-2-4-10(24)5-3-9)21-15(14)23(22-8)18(17(20)27)7-13(18)19/h2-6,13,24H,7,19H2,1H3,(H2,20,27)(H,25,26). The smallest absolute Gasteiger partial charge is 0.336 e. The number of phenols is 1. The molecular weight excluding hydrogens is 350 g/mol. The Morgan fingerprint density at radius 3 is 2.44 bits per heavy atom. The Bertz CT molecular complexity index is 1110. The minimum Gasteiger partial charge on any atom is -0.508 e. The number of phenolic OH excluding ortho intramolecular Hbond substituents is 1. The summed E-state index contributed by atoms with van der Waals surface area (Å²) in [7, 11) is 0. The zero-order valence-electron chi connectivity index (χ0n) is 14.4. The third-order valence-electron chi connectivity index (χ3n) is 5.00. The number of carboxylic acids is 1. The molecule has 6 N–H and O–H groups in total. The zero-order valence-corrected chi connectivity index (χ0v) is 14.4. The lowest BCUT2D eigenvalue weighted by molar-refractivity contribution is -0.122. The lowest BCUT2D eigenvalue weighted by Crippen LogP contribution is -2.40. The molecule has 0 spiro atoms. The number of hydrogen-bond donors (Lipinski definition) is 4. The van der Waals surface area contributed by atoms with Crippen molar-refractivity contribution in [2.75, 3.05) is 0 Å². The van der Waals surface area contributed by atoms with Gasteiger partial charge in [0.15, 0.2) is 11.2 Å². The van der Waals surface area contributed by atoms with Crippen LogP contribution in [0.5, 0.6) is 5.75 Å². The third-order valence-corrected chi connectivity index (χ3v) is 5.00. The van der Waals surface area contributed by atoms with Gasteiger partial charge in [0.2, 0.25) is 5.91 Å². The molecule has 1 saturated carbocycles. The van der Waals surface area contributed by atoms with Gasteiger partial charge in [-0.25, -0.2) is 14.5 Å².